The Balaban J connectivity index is 1.41. The van der Waals surface area contributed by atoms with Crippen LogP contribution in [0.15, 0.2) is 30.6 Å². The van der Waals surface area contributed by atoms with Crippen LogP contribution < -0.4 is 16.0 Å². The van der Waals surface area contributed by atoms with E-state index >= 15 is 0 Å². The van der Waals surface area contributed by atoms with Crippen LogP contribution in [0.25, 0.3) is 0 Å². The van der Waals surface area contributed by atoms with Crippen LogP contribution in [0.3, 0.4) is 0 Å². The van der Waals surface area contributed by atoms with Crippen LogP contribution >= 0.6 is 22.9 Å². The third-order valence-electron chi connectivity index (χ3n) is 6.10. The summed E-state index contributed by atoms with van der Waals surface area (Å²) in [4.78, 5) is 31.7. The number of amides is 2. The Bertz CT molecular complexity index is 1210. The van der Waals surface area contributed by atoms with E-state index in [9.17, 15) is 14.0 Å². The maximum absolute atomic E-state index is 14.0. The molecule has 3 N–H and O–H groups in total. The van der Waals surface area contributed by atoms with E-state index in [1.54, 1.807) is 19.3 Å². The van der Waals surface area contributed by atoms with Gasteiger partial charge in [-0.3, -0.25) is 19.3 Å². The zero-order chi connectivity index (χ0) is 24.9. The SMILES string of the molecule is Cc1ncc(Cl)cc1NCc1ccc(C(=O)N[C@@H](CC2CCCC2)C(=O)Nc2cn(C)nc2F)s1. The molecule has 186 valence electrons. The van der Waals surface area contributed by atoms with E-state index in [2.05, 4.69) is 26.0 Å². The number of carbonyl (C=O) groups excluding carboxylic acids is 2. The summed E-state index contributed by atoms with van der Waals surface area (Å²) in [7, 11) is 1.57. The molecule has 1 fully saturated rings. The predicted octanol–water partition coefficient (Wildman–Crippen LogP) is 4.91. The van der Waals surface area contributed by atoms with E-state index in [1.807, 2.05) is 19.1 Å². The molecule has 0 aromatic carbocycles. The largest absolute Gasteiger partial charge is 0.379 e. The fourth-order valence-corrected chi connectivity index (χ4v) is 5.28. The van der Waals surface area contributed by atoms with E-state index in [4.69, 9.17) is 11.6 Å². The number of nitrogens with zero attached hydrogens (tertiary/aromatic N) is 3. The Kier molecular flexibility index (Phi) is 8.02. The van der Waals surface area contributed by atoms with Crippen molar-refractivity contribution in [3.63, 3.8) is 0 Å². The molecular formula is C24H28ClFN6O2S. The van der Waals surface area contributed by atoms with Crippen molar-refractivity contribution in [1.82, 2.24) is 20.1 Å². The van der Waals surface area contributed by atoms with E-state index in [1.165, 1.54) is 22.2 Å². The van der Waals surface area contributed by atoms with Gasteiger partial charge in [-0.05, 0) is 37.5 Å². The highest BCUT2D eigenvalue weighted by molar-refractivity contribution is 7.14. The van der Waals surface area contributed by atoms with Gasteiger partial charge < -0.3 is 16.0 Å². The Morgan fingerprint density at radius 1 is 1.29 bits per heavy atom. The van der Waals surface area contributed by atoms with Crippen molar-refractivity contribution in [2.75, 3.05) is 10.6 Å². The van der Waals surface area contributed by atoms with Gasteiger partial charge in [-0.1, -0.05) is 37.3 Å². The van der Waals surface area contributed by atoms with Gasteiger partial charge in [-0.2, -0.15) is 4.39 Å². The minimum atomic E-state index is -0.769. The van der Waals surface area contributed by atoms with Crippen molar-refractivity contribution in [2.45, 2.75) is 51.6 Å². The number of hydrogen-bond donors (Lipinski definition) is 3. The Hall–Kier alpha value is -2.98. The van der Waals surface area contributed by atoms with Crippen LogP contribution in [-0.2, 0) is 18.4 Å². The van der Waals surface area contributed by atoms with Gasteiger partial charge in [0.2, 0.25) is 5.91 Å². The van der Waals surface area contributed by atoms with Crippen LogP contribution in [0.4, 0.5) is 15.8 Å². The van der Waals surface area contributed by atoms with Gasteiger partial charge in [0, 0.05) is 24.7 Å². The highest BCUT2D eigenvalue weighted by Gasteiger charge is 2.28. The molecule has 0 bridgehead atoms. The van der Waals surface area contributed by atoms with Gasteiger partial charge in [0.15, 0.2) is 0 Å². The number of nitrogens with one attached hydrogen (secondary N) is 3. The molecule has 2 amide bonds. The molecule has 0 radical (unpaired) electrons. The average Bonchev–Trinajstić information content (AvgIpc) is 3.56. The molecule has 4 rings (SSSR count). The Morgan fingerprint density at radius 2 is 2.06 bits per heavy atom. The lowest BCUT2D eigenvalue weighted by atomic mass is 9.97. The smallest absolute Gasteiger partial charge is 0.262 e. The highest BCUT2D eigenvalue weighted by atomic mass is 35.5. The lowest BCUT2D eigenvalue weighted by Gasteiger charge is -2.21. The molecule has 1 saturated carbocycles. The first-order chi connectivity index (χ1) is 16.8. The molecule has 3 heterocycles. The lowest BCUT2D eigenvalue weighted by Crippen LogP contribution is -2.44. The molecular weight excluding hydrogens is 491 g/mol. The van der Waals surface area contributed by atoms with Crippen LogP contribution in [0, 0.1) is 18.8 Å². The fraction of sp³-hybridized carbons (Fsp3) is 0.417. The molecule has 11 heteroatoms. The van der Waals surface area contributed by atoms with E-state index in [-0.39, 0.29) is 11.6 Å². The predicted molar refractivity (Wildman–Crippen MR) is 135 cm³/mol. The third-order valence-corrected chi connectivity index (χ3v) is 7.39. The second kappa shape index (κ2) is 11.2. The summed E-state index contributed by atoms with van der Waals surface area (Å²) >= 11 is 7.37. The molecule has 1 aliphatic carbocycles. The van der Waals surface area contributed by atoms with Crippen molar-refractivity contribution in [3.8, 4) is 0 Å². The number of rotatable bonds is 9. The first-order valence-electron chi connectivity index (χ1n) is 11.5. The number of carbonyl (C=O) groups is 2. The van der Waals surface area contributed by atoms with Crippen molar-refractivity contribution in [3.05, 3.63) is 57.0 Å². The molecule has 3 aromatic heterocycles. The van der Waals surface area contributed by atoms with Crippen LogP contribution in [0.1, 0.15) is 52.3 Å². The summed E-state index contributed by atoms with van der Waals surface area (Å²) in [6.07, 6.45) is 7.79. The molecule has 0 aliphatic heterocycles. The van der Waals surface area contributed by atoms with Crippen molar-refractivity contribution < 1.29 is 14.0 Å². The number of thiophene rings is 1. The molecule has 0 unspecified atom stereocenters. The molecule has 8 nitrogen and oxygen atoms in total. The standard InChI is InChI=1S/C24H28ClFN6O2S/c1-14-18(10-16(25)11-27-14)28-12-17-7-8-21(35-17)24(34)29-19(9-15-5-3-4-6-15)23(33)30-20-13-32(2)31-22(20)26/h7-8,10-11,13,15,19,28H,3-6,9,12H2,1-2H3,(H,29,34)(H,30,33)/t19-/m0/s1. The number of aromatic nitrogens is 3. The topological polar surface area (TPSA) is 101 Å². The summed E-state index contributed by atoms with van der Waals surface area (Å²) < 4.78 is 15.3. The van der Waals surface area contributed by atoms with Gasteiger partial charge in [-0.25, -0.2) is 0 Å². The number of anilines is 2. The minimum Gasteiger partial charge on any atom is -0.379 e. The maximum atomic E-state index is 14.0. The second-order valence-electron chi connectivity index (χ2n) is 8.81. The zero-order valence-electron chi connectivity index (χ0n) is 19.6. The second-order valence-corrected chi connectivity index (χ2v) is 10.4. The van der Waals surface area contributed by atoms with Crippen molar-refractivity contribution in [1.29, 1.82) is 0 Å². The highest BCUT2D eigenvalue weighted by Crippen LogP contribution is 2.29. The first-order valence-corrected chi connectivity index (χ1v) is 12.7. The number of halogens is 2. The molecule has 1 atom stereocenters. The van der Waals surface area contributed by atoms with E-state index in [0.717, 1.165) is 41.9 Å². The summed E-state index contributed by atoms with van der Waals surface area (Å²) in [6.45, 7) is 2.39. The monoisotopic (exact) mass is 518 g/mol. The van der Waals surface area contributed by atoms with Gasteiger partial charge in [0.1, 0.15) is 11.7 Å². The lowest BCUT2D eigenvalue weighted by molar-refractivity contribution is -0.118. The summed E-state index contributed by atoms with van der Waals surface area (Å²) in [5.41, 5.74) is 1.65. The Morgan fingerprint density at radius 3 is 2.77 bits per heavy atom. The fourth-order valence-electron chi connectivity index (χ4n) is 4.27. The first kappa shape index (κ1) is 25.1. The molecule has 3 aromatic rings. The van der Waals surface area contributed by atoms with Gasteiger partial charge in [0.05, 0.1) is 27.5 Å². The average molecular weight is 519 g/mol. The summed E-state index contributed by atoms with van der Waals surface area (Å²) in [6, 6.07) is 4.65. The third kappa shape index (κ3) is 6.58. The molecule has 35 heavy (non-hydrogen) atoms. The van der Waals surface area contributed by atoms with Crippen LogP contribution in [0.2, 0.25) is 5.02 Å². The van der Waals surface area contributed by atoms with E-state index in [0.29, 0.717) is 28.8 Å². The van der Waals surface area contributed by atoms with Crippen LogP contribution in [-0.4, -0.2) is 32.6 Å². The summed E-state index contributed by atoms with van der Waals surface area (Å²) in [5, 5.41) is 12.9. The maximum Gasteiger partial charge on any atom is 0.262 e. The number of hydrogen-bond acceptors (Lipinski definition) is 6. The minimum absolute atomic E-state index is 0.00143. The van der Waals surface area contributed by atoms with Crippen molar-refractivity contribution >= 4 is 46.1 Å². The molecule has 0 spiro atoms. The number of aryl methyl sites for hydroxylation is 2. The Labute approximate surface area is 212 Å². The van der Waals surface area contributed by atoms with Gasteiger partial charge >= 0.3 is 0 Å². The quantitative estimate of drug-likeness (QED) is 0.374. The van der Waals surface area contributed by atoms with Crippen LogP contribution in [0.5, 0.6) is 0 Å². The number of pyridine rings is 1. The van der Waals surface area contributed by atoms with Crippen molar-refractivity contribution in [2.24, 2.45) is 13.0 Å². The normalized spacial score (nSPS) is 14.6. The van der Waals surface area contributed by atoms with Gasteiger partial charge in [-0.15, -0.1) is 16.4 Å². The summed E-state index contributed by atoms with van der Waals surface area (Å²) in [5.74, 6) is -1.18. The van der Waals surface area contributed by atoms with E-state index < -0.39 is 17.9 Å². The molecule has 1 aliphatic rings. The zero-order valence-corrected chi connectivity index (χ0v) is 21.2. The molecule has 0 saturated heterocycles. The van der Waals surface area contributed by atoms with Gasteiger partial charge in [0.25, 0.3) is 11.9 Å².